The predicted octanol–water partition coefficient (Wildman–Crippen LogP) is 2.62. The minimum Gasteiger partial charge on any atom is -0.497 e. The molecule has 4 aliphatic rings. The average molecular weight is 537 g/mol. The highest BCUT2D eigenvalue weighted by Crippen LogP contribution is 2.55. The maximum atomic E-state index is 14.4. The molecule has 4 heterocycles. The highest BCUT2D eigenvalue weighted by Gasteiger charge is 2.71. The zero-order valence-corrected chi connectivity index (χ0v) is 22.2. The van der Waals surface area contributed by atoms with Gasteiger partial charge in [0.15, 0.2) is 0 Å². The summed E-state index contributed by atoms with van der Waals surface area (Å²) >= 11 is 0. The molecule has 4 amide bonds. The van der Waals surface area contributed by atoms with Crippen molar-refractivity contribution in [3.63, 3.8) is 0 Å². The number of hydrogen-bond acceptors (Lipinski definition) is 6. The largest absolute Gasteiger partial charge is 0.497 e. The Bertz CT molecular complexity index is 1590. The molecule has 9 nitrogen and oxygen atoms in total. The minimum absolute atomic E-state index is 0.163. The highest BCUT2D eigenvalue weighted by atomic mass is 16.5. The molecule has 3 aromatic rings. The van der Waals surface area contributed by atoms with Crippen LogP contribution in [0.25, 0.3) is 0 Å². The van der Waals surface area contributed by atoms with Crippen LogP contribution in [0.3, 0.4) is 0 Å². The van der Waals surface area contributed by atoms with E-state index >= 15 is 0 Å². The first-order valence-corrected chi connectivity index (χ1v) is 13.5. The summed E-state index contributed by atoms with van der Waals surface area (Å²) in [5.74, 6) is -2.41. The summed E-state index contributed by atoms with van der Waals surface area (Å²) in [5, 5.41) is 3.37. The normalized spacial score (nSPS) is 26.5. The van der Waals surface area contributed by atoms with Crippen LogP contribution < -0.4 is 24.8 Å². The van der Waals surface area contributed by atoms with Crippen molar-refractivity contribution in [1.82, 2.24) is 5.32 Å². The molecule has 1 spiro atoms. The van der Waals surface area contributed by atoms with E-state index < -0.39 is 29.3 Å². The Balaban J connectivity index is 1.26. The van der Waals surface area contributed by atoms with Crippen LogP contribution in [0.2, 0.25) is 0 Å². The second kappa shape index (κ2) is 8.76. The molecule has 0 unspecified atom stereocenters. The van der Waals surface area contributed by atoms with Gasteiger partial charge in [-0.15, -0.1) is 0 Å². The third kappa shape index (κ3) is 3.18. The molecular weight excluding hydrogens is 508 g/mol. The van der Waals surface area contributed by atoms with Crippen molar-refractivity contribution in [3.05, 3.63) is 83.9 Å². The molecule has 9 heteroatoms. The van der Waals surface area contributed by atoms with Crippen molar-refractivity contribution < 1.29 is 23.9 Å². The van der Waals surface area contributed by atoms with Crippen molar-refractivity contribution in [2.45, 2.75) is 24.9 Å². The lowest BCUT2D eigenvalue weighted by molar-refractivity contribution is -0.132. The van der Waals surface area contributed by atoms with Crippen LogP contribution in [0, 0.1) is 11.8 Å². The van der Waals surface area contributed by atoms with E-state index in [-0.39, 0.29) is 24.3 Å². The molecule has 0 radical (unpaired) electrons. The van der Waals surface area contributed by atoms with Gasteiger partial charge >= 0.3 is 0 Å². The van der Waals surface area contributed by atoms with E-state index in [2.05, 4.69) is 5.32 Å². The second-order valence-electron chi connectivity index (χ2n) is 10.8. The number of para-hydroxylation sites is 2. The lowest BCUT2D eigenvalue weighted by atomic mass is 9.76. The van der Waals surface area contributed by atoms with Crippen LogP contribution in [0.1, 0.15) is 18.1 Å². The van der Waals surface area contributed by atoms with Gasteiger partial charge in [-0.3, -0.25) is 24.5 Å². The van der Waals surface area contributed by atoms with Crippen LogP contribution >= 0.6 is 0 Å². The van der Waals surface area contributed by atoms with Gasteiger partial charge in [-0.25, -0.2) is 4.90 Å². The number of imide groups is 1. The molecule has 3 aromatic carbocycles. The number of carbonyl (C=O) groups excluding carboxylic acids is 4. The van der Waals surface area contributed by atoms with Gasteiger partial charge < -0.3 is 14.5 Å². The number of fused-ring (bicyclic) bond motifs is 5. The smallest absolute Gasteiger partial charge is 0.253 e. The third-order valence-corrected chi connectivity index (χ3v) is 8.83. The first-order valence-electron chi connectivity index (χ1n) is 13.5. The molecule has 2 saturated heterocycles. The van der Waals surface area contributed by atoms with Crippen LogP contribution in [0.15, 0.2) is 72.8 Å². The Hall–Kier alpha value is -4.50. The molecule has 0 aliphatic carbocycles. The molecule has 0 saturated carbocycles. The summed E-state index contributed by atoms with van der Waals surface area (Å²) in [4.78, 5) is 60.2. The van der Waals surface area contributed by atoms with Crippen LogP contribution in [-0.4, -0.2) is 49.9 Å². The fraction of sp³-hybridized carbons (Fsp3) is 0.290. The quantitative estimate of drug-likeness (QED) is 0.515. The summed E-state index contributed by atoms with van der Waals surface area (Å²) < 4.78 is 5.23. The maximum absolute atomic E-state index is 14.4. The van der Waals surface area contributed by atoms with Crippen LogP contribution in [0.4, 0.5) is 17.1 Å². The van der Waals surface area contributed by atoms with E-state index in [0.29, 0.717) is 29.2 Å². The summed E-state index contributed by atoms with van der Waals surface area (Å²) in [6.45, 7) is 2.22. The van der Waals surface area contributed by atoms with Gasteiger partial charge in [0.25, 0.3) is 5.91 Å². The topological polar surface area (TPSA) is 99.3 Å². The number of methoxy groups -OCH3 is 1. The minimum atomic E-state index is -1.45. The van der Waals surface area contributed by atoms with Gasteiger partial charge in [0.1, 0.15) is 17.8 Å². The van der Waals surface area contributed by atoms with Crippen LogP contribution in [0.5, 0.6) is 5.75 Å². The molecule has 4 atom stereocenters. The Morgan fingerprint density at radius 3 is 2.40 bits per heavy atom. The summed E-state index contributed by atoms with van der Waals surface area (Å²) in [5.41, 5.74) is 2.15. The Morgan fingerprint density at radius 2 is 1.65 bits per heavy atom. The van der Waals surface area contributed by atoms with E-state index in [9.17, 15) is 19.2 Å². The second-order valence-corrected chi connectivity index (χ2v) is 10.8. The van der Waals surface area contributed by atoms with Crippen molar-refractivity contribution in [2.24, 2.45) is 11.8 Å². The van der Waals surface area contributed by atoms with Crippen molar-refractivity contribution in [3.8, 4) is 5.75 Å². The number of nitrogens with zero attached hydrogens (tertiary/aromatic N) is 3. The molecule has 1 N–H and O–H groups in total. The van der Waals surface area contributed by atoms with Gasteiger partial charge in [0.2, 0.25) is 17.7 Å². The molecule has 0 bridgehead atoms. The fourth-order valence-corrected chi connectivity index (χ4v) is 7.07. The van der Waals surface area contributed by atoms with Gasteiger partial charge in [0.05, 0.1) is 24.6 Å². The number of benzene rings is 3. The number of hydrogen-bond donors (Lipinski definition) is 1. The SMILES string of the molecule is COc1ccc(N2C(=O)[C@H]3[C@@H](C2=O)[C@]2(N[C@@H]3C)C(=O)N(CC(=O)N3CCc4ccccc43)c3ccccc32)cc1. The number of amides is 4. The van der Waals surface area contributed by atoms with E-state index in [1.54, 1.807) is 42.3 Å². The lowest BCUT2D eigenvalue weighted by Crippen LogP contribution is -2.56. The summed E-state index contributed by atoms with van der Waals surface area (Å²) in [6, 6.07) is 21.3. The highest BCUT2D eigenvalue weighted by molar-refractivity contribution is 6.26. The van der Waals surface area contributed by atoms with Crippen molar-refractivity contribution in [1.29, 1.82) is 0 Å². The number of nitrogens with one attached hydrogen (secondary N) is 1. The Kier molecular flexibility index (Phi) is 5.37. The number of rotatable bonds is 4. The molecule has 40 heavy (non-hydrogen) atoms. The van der Waals surface area contributed by atoms with Gasteiger partial charge in [-0.2, -0.15) is 0 Å². The summed E-state index contributed by atoms with van der Waals surface area (Å²) in [7, 11) is 1.55. The first kappa shape index (κ1) is 24.5. The molecule has 7 rings (SSSR count). The van der Waals surface area contributed by atoms with E-state index in [0.717, 1.165) is 17.7 Å². The molecular formula is C31H28N4O5. The van der Waals surface area contributed by atoms with Crippen LogP contribution in [-0.2, 0) is 31.1 Å². The Labute approximate surface area is 231 Å². The first-order chi connectivity index (χ1) is 19.4. The van der Waals surface area contributed by atoms with Gasteiger partial charge in [0, 0.05) is 29.5 Å². The third-order valence-electron chi connectivity index (χ3n) is 8.83. The Morgan fingerprint density at radius 1 is 0.950 bits per heavy atom. The molecule has 2 fully saturated rings. The van der Waals surface area contributed by atoms with Gasteiger partial charge in [-0.05, 0) is 55.3 Å². The number of carbonyl (C=O) groups is 4. The molecule has 202 valence electrons. The number of anilines is 3. The zero-order valence-electron chi connectivity index (χ0n) is 22.2. The van der Waals surface area contributed by atoms with Gasteiger partial charge in [-0.1, -0.05) is 36.4 Å². The predicted molar refractivity (Wildman–Crippen MR) is 148 cm³/mol. The maximum Gasteiger partial charge on any atom is 0.253 e. The lowest BCUT2D eigenvalue weighted by Gasteiger charge is -2.30. The number of ether oxygens (including phenoxy) is 1. The average Bonchev–Trinajstić information content (AvgIpc) is 3.67. The standard InChI is InChI=1S/C31H28N4O5/c1-18-26-27(29(38)35(28(26)37)20-11-13-21(40-2)14-12-20)31(32-18)22-8-4-6-10-24(22)34(30(31)39)17-25(36)33-16-15-19-7-3-5-9-23(19)33/h3-14,18,26-27,32H,15-17H2,1-2H3/t18-,26-,27+,31+/m1/s1. The van der Waals surface area contributed by atoms with Crippen molar-refractivity contribution >= 4 is 40.7 Å². The fourth-order valence-electron chi connectivity index (χ4n) is 7.07. The zero-order chi connectivity index (χ0) is 27.8. The van der Waals surface area contributed by atoms with Crippen molar-refractivity contribution in [2.75, 3.05) is 34.9 Å². The van der Waals surface area contributed by atoms with E-state index in [1.165, 1.54) is 9.80 Å². The molecule has 4 aliphatic heterocycles. The molecule has 0 aromatic heterocycles. The summed E-state index contributed by atoms with van der Waals surface area (Å²) in [6.07, 6.45) is 0.761. The monoisotopic (exact) mass is 536 g/mol. The van der Waals surface area contributed by atoms with E-state index in [4.69, 9.17) is 4.74 Å². The van der Waals surface area contributed by atoms with E-state index in [1.807, 2.05) is 49.4 Å².